The standard InChI is InChI=1S/C24H19ClN2O3/c1-15-13-18(29-2)11-12-19(15)23(28)26-17-9-7-16(8-10-17)24-27-22(14-30-24)20-5-3-4-6-21(20)25/h3-14H,1-2H3,(H,26,28). The van der Waals surface area contributed by atoms with E-state index in [2.05, 4.69) is 10.3 Å². The summed E-state index contributed by atoms with van der Waals surface area (Å²) in [5, 5.41) is 3.52. The topological polar surface area (TPSA) is 64.4 Å². The smallest absolute Gasteiger partial charge is 0.255 e. The molecule has 4 rings (SSSR count). The fourth-order valence-electron chi connectivity index (χ4n) is 3.11. The van der Waals surface area contributed by atoms with Gasteiger partial charge in [0.25, 0.3) is 5.91 Å². The van der Waals surface area contributed by atoms with Gasteiger partial charge in [-0.15, -0.1) is 0 Å². The zero-order chi connectivity index (χ0) is 21.1. The van der Waals surface area contributed by atoms with E-state index in [9.17, 15) is 4.79 Å². The SMILES string of the molecule is COc1ccc(C(=O)Nc2ccc(-c3nc(-c4ccccc4Cl)co3)cc2)c(C)c1. The van der Waals surface area contributed by atoms with E-state index in [1.807, 2.05) is 61.5 Å². The van der Waals surface area contributed by atoms with Crippen molar-refractivity contribution in [1.82, 2.24) is 4.98 Å². The molecule has 0 bridgehead atoms. The molecule has 0 saturated heterocycles. The van der Waals surface area contributed by atoms with Gasteiger partial charge in [0.05, 0.1) is 12.1 Å². The third-order valence-corrected chi connectivity index (χ3v) is 5.05. The number of ether oxygens (including phenoxy) is 1. The maximum Gasteiger partial charge on any atom is 0.255 e. The van der Waals surface area contributed by atoms with Gasteiger partial charge in [-0.25, -0.2) is 4.98 Å². The number of aryl methyl sites for hydroxylation is 1. The van der Waals surface area contributed by atoms with Crippen molar-refractivity contribution in [1.29, 1.82) is 0 Å². The fourth-order valence-corrected chi connectivity index (χ4v) is 3.34. The molecule has 0 aliphatic heterocycles. The lowest BCUT2D eigenvalue weighted by Crippen LogP contribution is -2.13. The molecule has 0 atom stereocenters. The minimum Gasteiger partial charge on any atom is -0.497 e. The van der Waals surface area contributed by atoms with Crippen molar-refractivity contribution in [2.75, 3.05) is 12.4 Å². The van der Waals surface area contributed by atoms with Gasteiger partial charge < -0.3 is 14.5 Å². The van der Waals surface area contributed by atoms with E-state index in [1.165, 1.54) is 0 Å². The van der Waals surface area contributed by atoms with E-state index in [1.54, 1.807) is 25.5 Å². The highest BCUT2D eigenvalue weighted by molar-refractivity contribution is 6.33. The zero-order valence-corrected chi connectivity index (χ0v) is 17.2. The molecule has 0 unspecified atom stereocenters. The van der Waals surface area contributed by atoms with Crippen molar-refractivity contribution >= 4 is 23.2 Å². The molecule has 150 valence electrons. The van der Waals surface area contributed by atoms with Crippen LogP contribution in [0.1, 0.15) is 15.9 Å². The van der Waals surface area contributed by atoms with Gasteiger partial charge in [-0.1, -0.05) is 29.8 Å². The van der Waals surface area contributed by atoms with Crippen LogP contribution in [0.3, 0.4) is 0 Å². The number of halogens is 1. The first-order valence-electron chi connectivity index (χ1n) is 9.32. The lowest BCUT2D eigenvalue weighted by Gasteiger charge is -2.09. The van der Waals surface area contributed by atoms with E-state index in [-0.39, 0.29) is 5.91 Å². The summed E-state index contributed by atoms with van der Waals surface area (Å²) >= 11 is 6.23. The zero-order valence-electron chi connectivity index (χ0n) is 16.5. The number of anilines is 1. The molecule has 6 heteroatoms. The lowest BCUT2D eigenvalue weighted by atomic mass is 10.1. The Bertz CT molecular complexity index is 1200. The van der Waals surface area contributed by atoms with Crippen molar-refractivity contribution in [3.05, 3.63) is 89.1 Å². The number of nitrogens with zero attached hydrogens (tertiary/aromatic N) is 1. The number of carbonyl (C=O) groups is 1. The normalized spacial score (nSPS) is 10.6. The van der Waals surface area contributed by atoms with E-state index < -0.39 is 0 Å². The van der Waals surface area contributed by atoms with E-state index in [4.69, 9.17) is 20.8 Å². The second-order valence-electron chi connectivity index (χ2n) is 6.73. The molecular weight excluding hydrogens is 400 g/mol. The summed E-state index contributed by atoms with van der Waals surface area (Å²) in [6.45, 7) is 1.87. The van der Waals surface area contributed by atoms with Gasteiger partial charge in [0, 0.05) is 22.4 Å². The molecule has 1 amide bonds. The van der Waals surface area contributed by atoms with Gasteiger partial charge in [0.2, 0.25) is 5.89 Å². The summed E-state index contributed by atoms with van der Waals surface area (Å²) in [4.78, 5) is 17.1. The van der Waals surface area contributed by atoms with Gasteiger partial charge in [0.15, 0.2) is 0 Å². The molecular formula is C24H19ClN2O3. The van der Waals surface area contributed by atoms with Crippen molar-refractivity contribution in [2.24, 2.45) is 0 Å². The molecule has 0 radical (unpaired) electrons. The molecule has 0 fully saturated rings. The third kappa shape index (κ3) is 4.07. The number of nitrogens with one attached hydrogen (secondary N) is 1. The average molecular weight is 419 g/mol. The number of aromatic nitrogens is 1. The van der Waals surface area contributed by atoms with Crippen LogP contribution in [0, 0.1) is 6.92 Å². The largest absolute Gasteiger partial charge is 0.497 e. The third-order valence-electron chi connectivity index (χ3n) is 4.72. The monoisotopic (exact) mass is 418 g/mol. The van der Waals surface area contributed by atoms with Crippen LogP contribution in [0.15, 0.2) is 77.4 Å². The highest BCUT2D eigenvalue weighted by Crippen LogP contribution is 2.30. The van der Waals surface area contributed by atoms with Crippen LogP contribution >= 0.6 is 11.6 Å². The second kappa shape index (κ2) is 8.43. The minimum absolute atomic E-state index is 0.181. The van der Waals surface area contributed by atoms with Crippen LogP contribution in [-0.2, 0) is 0 Å². The van der Waals surface area contributed by atoms with Crippen LogP contribution in [0.2, 0.25) is 5.02 Å². The summed E-state index contributed by atoms with van der Waals surface area (Å²) < 4.78 is 10.8. The summed E-state index contributed by atoms with van der Waals surface area (Å²) in [6.07, 6.45) is 1.58. The van der Waals surface area contributed by atoms with Crippen molar-refractivity contribution in [2.45, 2.75) is 6.92 Å². The number of oxazole rings is 1. The Kier molecular flexibility index (Phi) is 5.55. The Balaban J connectivity index is 1.50. The van der Waals surface area contributed by atoms with Crippen molar-refractivity contribution < 1.29 is 13.9 Å². The molecule has 4 aromatic rings. The molecule has 5 nitrogen and oxygen atoms in total. The Morgan fingerprint density at radius 1 is 1.07 bits per heavy atom. The van der Waals surface area contributed by atoms with Crippen LogP contribution in [-0.4, -0.2) is 18.0 Å². The number of benzene rings is 3. The van der Waals surface area contributed by atoms with Gasteiger partial charge in [-0.2, -0.15) is 0 Å². The van der Waals surface area contributed by atoms with Crippen LogP contribution in [0.4, 0.5) is 5.69 Å². The number of hydrogen-bond donors (Lipinski definition) is 1. The van der Waals surface area contributed by atoms with E-state index in [0.717, 1.165) is 22.4 Å². The van der Waals surface area contributed by atoms with Crippen LogP contribution in [0.5, 0.6) is 5.75 Å². The number of rotatable bonds is 5. The molecule has 30 heavy (non-hydrogen) atoms. The van der Waals surface area contributed by atoms with E-state index >= 15 is 0 Å². The first-order chi connectivity index (χ1) is 14.5. The molecule has 0 aliphatic carbocycles. The van der Waals surface area contributed by atoms with Gasteiger partial charge in [0.1, 0.15) is 17.7 Å². The Hall–Kier alpha value is -3.57. The Labute approximate surface area is 179 Å². The summed E-state index contributed by atoms with van der Waals surface area (Å²) in [7, 11) is 1.60. The molecule has 0 saturated carbocycles. The first-order valence-corrected chi connectivity index (χ1v) is 9.70. The number of amides is 1. The molecule has 0 aliphatic rings. The van der Waals surface area contributed by atoms with Crippen LogP contribution < -0.4 is 10.1 Å². The van der Waals surface area contributed by atoms with Gasteiger partial charge in [-0.05, 0) is 61.0 Å². The summed E-state index contributed by atoms with van der Waals surface area (Å²) in [5.41, 5.74) is 4.40. The second-order valence-corrected chi connectivity index (χ2v) is 7.14. The Morgan fingerprint density at radius 3 is 2.53 bits per heavy atom. The molecule has 1 heterocycles. The summed E-state index contributed by atoms with van der Waals surface area (Å²) in [5.74, 6) is 1.02. The lowest BCUT2D eigenvalue weighted by molar-refractivity contribution is 0.102. The number of hydrogen-bond acceptors (Lipinski definition) is 4. The first kappa shape index (κ1) is 19.7. The Morgan fingerprint density at radius 2 is 1.83 bits per heavy atom. The van der Waals surface area contributed by atoms with Crippen molar-refractivity contribution in [3.8, 4) is 28.5 Å². The highest BCUT2D eigenvalue weighted by Gasteiger charge is 2.13. The molecule has 0 spiro atoms. The quantitative estimate of drug-likeness (QED) is 0.417. The molecule has 1 N–H and O–H groups in total. The number of carbonyl (C=O) groups excluding carboxylic acids is 1. The minimum atomic E-state index is -0.181. The van der Waals surface area contributed by atoms with Gasteiger partial charge >= 0.3 is 0 Å². The maximum atomic E-state index is 12.6. The van der Waals surface area contributed by atoms with Crippen LogP contribution in [0.25, 0.3) is 22.7 Å². The molecule has 1 aromatic heterocycles. The fraction of sp³-hybridized carbons (Fsp3) is 0.0833. The molecule has 3 aromatic carbocycles. The summed E-state index contributed by atoms with van der Waals surface area (Å²) in [6, 6.07) is 20.1. The predicted octanol–water partition coefficient (Wildman–Crippen LogP) is 6.23. The average Bonchev–Trinajstić information content (AvgIpc) is 3.24. The van der Waals surface area contributed by atoms with Gasteiger partial charge in [-0.3, -0.25) is 4.79 Å². The predicted molar refractivity (Wildman–Crippen MR) is 118 cm³/mol. The highest BCUT2D eigenvalue weighted by atomic mass is 35.5. The van der Waals surface area contributed by atoms with E-state index in [0.29, 0.717) is 27.9 Å². The van der Waals surface area contributed by atoms with Crippen molar-refractivity contribution in [3.63, 3.8) is 0 Å². The maximum absolute atomic E-state index is 12.6. The number of methoxy groups -OCH3 is 1.